The molecule has 0 saturated carbocycles. The fourth-order valence-corrected chi connectivity index (χ4v) is 9.16. The number of rotatable bonds is 54. The molecule has 0 rings (SSSR count). The van der Waals surface area contributed by atoms with Gasteiger partial charge in [0.15, 0.2) is 0 Å². The van der Waals surface area contributed by atoms with Crippen molar-refractivity contribution in [3.8, 4) is 0 Å². The maximum Gasteiger partial charge on any atom is 0.306 e. The summed E-state index contributed by atoms with van der Waals surface area (Å²) < 4.78 is 34.9. The summed E-state index contributed by atoms with van der Waals surface area (Å²) in [6.07, 6.45) is 58.2. The lowest BCUT2D eigenvalue weighted by atomic mass is 10.0. The molecule has 0 aliphatic rings. The maximum atomic E-state index is 12.8. The quantitative estimate of drug-likeness (QED) is 0.0197. The Kier molecular flexibility index (Phi) is 49.1. The molecule has 0 bridgehead atoms. The zero-order valence-corrected chi connectivity index (χ0v) is 45.1. The predicted octanol–water partition coefficient (Wildman–Crippen LogP) is 17.1. The van der Waals surface area contributed by atoms with Crippen molar-refractivity contribution in [2.45, 2.75) is 290 Å². The number of hydrogen-bond acceptors (Lipinski definition) is 7. The van der Waals surface area contributed by atoms with Crippen LogP contribution in [-0.2, 0) is 27.9 Å². The molecule has 0 N–H and O–H groups in total. The van der Waals surface area contributed by atoms with Crippen LogP contribution in [0.4, 0.5) is 0 Å². The Bertz CT molecular complexity index is 1050. The molecular weight excluding hydrogens is 830 g/mol. The second kappa shape index (κ2) is 49.7. The molecule has 0 aromatic heterocycles. The van der Waals surface area contributed by atoms with Crippen molar-refractivity contribution in [3.63, 3.8) is 0 Å². The number of quaternary nitrogens is 1. The summed E-state index contributed by atoms with van der Waals surface area (Å²) in [6.45, 7) is 5.48. The number of likely N-dealkylation sites (N-methyl/N-ethyl adjacent to an activating group) is 1. The number of phosphoric ester groups is 1. The lowest BCUT2D eigenvalue weighted by Gasteiger charge is -2.28. The van der Waals surface area contributed by atoms with Gasteiger partial charge in [-0.15, -0.1) is 0 Å². The first-order valence-corrected chi connectivity index (χ1v) is 29.9. The van der Waals surface area contributed by atoms with Crippen molar-refractivity contribution >= 4 is 13.8 Å². The highest BCUT2D eigenvalue weighted by Crippen LogP contribution is 2.38. The van der Waals surface area contributed by atoms with Crippen molar-refractivity contribution in [1.82, 2.24) is 0 Å². The number of hydrogen-bond donors (Lipinski definition) is 0. The summed E-state index contributed by atoms with van der Waals surface area (Å²) in [5.74, 6) is -0.326. The van der Waals surface area contributed by atoms with E-state index in [0.29, 0.717) is 24.1 Å². The van der Waals surface area contributed by atoms with Crippen LogP contribution in [0.1, 0.15) is 284 Å². The molecule has 0 aliphatic heterocycles. The molecule has 0 heterocycles. The van der Waals surface area contributed by atoms with Gasteiger partial charge in [0, 0.05) is 13.0 Å². The van der Waals surface area contributed by atoms with E-state index in [-0.39, 0.29) is 25.8 Å². The number of allylic oxidation sites excluding steroid dienone is 2. The molecule has 2 atom stereocenters. The van der Waals surface area contributed by atoms with Crippen molar-refractivity contribution < 1.29 is 37.3 Å². The third kappa shape index (κ3) is 54.1. The molecule has 2 unspecified atom stereocenters. The third-order valence-corrected chi connectivity index (χ3v) is 13.8. The topological polar surface area (TPSA) is 94.1 Å². The molecule has 0 fully saturated rings. The zero-order valence-electron chi connectivity index (χ0n) is 44.2. The van der Waals surface area contributed by atoms with Crippen LogP contribution in [0, 0.1) is 0 Å². The van der Waals surface area contributed by atoms with Gasteiger partial charge in [-0.25, -0.2) is 0 Å². The Hall–Kier alpha value is -0.760. The zero-order chi connectivity index (χ0) is 47.6. The SMILES string of the molecule is CCCCCCCCCC/C=C\CCCCCCCCCCCCOCC(COP(=O)([O-])OCC[N+](C)(C)C)OC(=O)CCCCCCCCCCCCCCCCCCCCCCC. The van der Waals surface area contributed by atoms with Gasteiger partial charge >= 0.3 is 5.97 Å². The molecular formula is C56H112NO7P. The number of carbonyl (C=O) groups is 1. The van der Waals surface area contributed by atoms with Crippen molar-refractivity contribution in [2.24, 2.45) is 0 Å². The number of carbonyl (C=O) groups excluding carboxylic acids is 1. The third-order valence-electron chi connectivity index (χ3n) is 12.8. The fraction of sp³-hybridized carbons (Fsp3) is 0.946. The van der Waals surface area contributed by atoms with E-state index in [4.69, 9.17) is 18.5 Å². The minimum Gasteiger partial charge on any atom is -0.756 e. The van der Waals surface area contributed by atoms with Crippen LogP contribution < -0.4 is 4.89 Å². The van der Waals surface area contributed by atoms with Gasteiger partial charge in [0.2, 0.25) is 0 Å². The van der Waals surface area contributed by atoms with Crippen LogP contribution in [0.3, 0.4) is 0 Å². The van der Waals surface area contributed by atoms with Crippen LogP contribution in [0.5, 0.6) is 0 Å². The first kappa shape index (κ1) is 64.2. The van der Waals surface area contributed by atoms with Gasteiger partial charge in [-0.1, -0.05) is 251 Å². The van der Waals surface area contributed by atoms with Gasteiger partial charge in [-0.3, -0.25) is 9.36 Å². The molecule has 65 heavy (non-hydrogen) atoms. The summed E-state index contributed by atoms with van der Waals surface area (Å²) in [4.78, 5) is 25.2. The van der Waals surface area contributed by atoms with E-state index in [0.717, 1.165) is 32.1 Å². The monoisotopic (exact) mass is 942 g/mol. The first-order chi connectivity index (χ1) is 31.6. The minimum absolute atomic E-state index is 0.0298. The van der Waals surface area contributed by atoms with Crippen molar-refractivity contribution in [1.29, 1.82) is 0 Å². The molecule has 0 aromatic rings. The Morgan fingerprint density at radius 1 is 0.462 bits per heavy atom. The lowest BCUT2D eigenvalue weighted by molar-refractivity contribution is -0.870. The first-order valence-electron chi connectivity index (χ1n) is 28.4. The van der Waals surface area contributed by atoms with E-state index >= 15 is 0 Å². The summed E-state index contributed by atoms with van der Waals surface area (Å²) >= 11 is 0. The van der Waals surface area contributed by atoms with Crippen LogP contribution in [0.25, 0.3) is 0 Å². The van der Waals surface area contributed by atoms with Crippen LogP contribution in [0.2, 0.25) is 0 Å². The highest BCUT2D eigenvalue weighted by Gasteiger charge is 2.20. The number of phosphoric acid groups is 1. The van der Waals surface area contributed by atoms with E-state index in [2.05, 4.69) is 26.0 Å². The molecule has 0 aromatic carbocycles. The van der Waals surface area contributed by atoms with E-state index in [1.54, 1.807) is 0 Å². The highest BCUT2D eigenvalue weighted by atomic mass is 31.2. The predicted molar refractivity (Wildman–Crippen MR) is 278 cm³/mol. The lowest BCUT2D eigenvalue weighted by Crippen LogP contribution is -2.37. The highest BCUT2D eigenvalue weighted by molar-refractivity contribution is 7.45. The van der Waals surface area contributed by atoms with Crippen LogP contribution in [0.15, 0.2) is 12.2 Å². The van der Waals surface area contributed by atoms with E-state index in [9.17, 15) is 14.3 Å². The van der Waals surface area contributed by atoms with Gasteiger partial charge < -0.3 is 27.9 Å². The van der Waals surface area contributed by atoms with E-state index in [1.807, 2.05) is 21.1 Å². The Morgan fingerprint density at radius 3 is 1.17 bits per heavy atom. The molecule has 8 nitrogen and oxygen atoms in total. The van der Waals surface area contributed by atoms with Gasteiger partial charge in [-0.05, 0) is 38.5 Å². The van der Waals surface area contributed by atoms with Gasteiger partial charge in [0.1, 0.15) is 19.3 Å². The molecule has 388 valence electrons. The summed E-state index contributed by atoms with van der Waals surface area (Å²) in [5.41, 5.74) is 0. The Morgan fingerprint density at radius 2 is 0.800 bits per heavy atom. The van der Waals surface area contributed by atoms with Gasteiger partial charge in [0.25, 0.3) is 7.82 Å². The second-order valence-corrected chi connectivity index (χ2v) is 22.1. The van der Waals surface area contributed by atoms with Gasteiger partial charge in [-0.2, -0.15) is 0 Å². The standard InChI is InChI=1S/C56H112NO7P/c1-6-8-10-12-14-16-18-20-22-24-26-28-30-32-34-36-38-40-42-44-46-48-51-61-53-55(54-63-65(59,60)62-52-50-57(3,4)5)64-56(58)49-47-45-43-41-39-37-35-33-31-29-27-25-23-21-19-17-15-13-11-9-7-2/h24,26,55H,6-23,25,27-54H2,1-5H3/b26-24-. The summed E-state index contributed by atoms with van der Waals surface area (Å²) in [7, 11) is 1.37. The Labute approximate surface area is 405 Å². The van der Waals surface area contributed by atoms with E-state index < -0.39 is 13.9 Å². The van der Waals surface area contributed by atoms with E-state index in [1.165, 1.54) is 231 Å². The van der Waals surface area contributed by atoms with Crippen molar-refractivity contribution in [3.05, 3.63) is 12.2 Å². The second-order valence-electron chi connectivity index (χ2n) is 20.7. The molecule has 9 heteroatoms. The minimum atomic E-state index is -4.53. The molecule has 0 amide bonds. The maximum absolute atomic E-state index is 12.8. The number of unbranched alkanes of at least 4 members (excludes halogenated alkanes) is 38. The van der Waals surface area contributed by atoms with Crippen molar-refractivity contribution in [2.75, 3.05) is 54.1 Å². The number of ether oxygens (including phenoxy) is 2. The fourth-order valence-electron chi connectivity index (χ4n) is 8.43. The summed E-state index contributed by atoms with van der Waals surface area (Å²) in [5, 5.41) is 0. The average molecular weight is 942 g/mol. The van der Waals surface area contributed by atoms with Gasteiger partial charge in [0.05, 0.1) is 34.4 Å². The molecule has 0 aliphatic carbocycles. The average Bonchev–Trinajstić information content (AvgIpc) is 3.27. The number of esters is 1. The molecule has 0 saturated heterocycles. The molecule has 0 radical (unpaired) electrons. The smallest absolute Gasteiger partial charge is 0.306 e. The largest absolute Gasteiger partial charge is 0.756 e. The normalized spacial score (nSPS) is 13.5. The summed E-state index contributed by atoms with van der Waals surface area (Å²) in [6, 6.07) is 0. The van der Waals surface area contributed by atoms with Crippen LogP contribution in [-0.4, -0.2) is 70.7 Å². The Balaban J connectivity index is 4.04. The number of nitrogens with zero attached hydrogens (tertiary/aromatic N) is 1. The molecule has 0 spiro atoms. The van der Waals surface area contributed by atoms with Crippen LogP contribution >= 0.6 is 7.82 Å².